The second-order valence-electron chi connectivity index (χ2n) is 5.54. The van der Waals surface area contributed by atoms with E-state index in [2.05, 4.69) is 24.1 Å². The number of hydrogen-bond acceptors (Lipinski definition) is 4. The summed E-state index contributed by atoms with van der Waals surface area (Å²) in [5, 5.41) is 14.0. The third-order valence-electron chi connectivity index (χ3n) is 3.62. The van der Waals surface area contributed by atoms with E-state index in [0.29, 0.717) is 23.9 Å². The second kappa shape index (κ2) is 7.87. The molecule has 0 aliphatic rings. The van der Waals surface area contributed by atoms with E-state index in [-0.39, 0.29) is 11.6 Å². The lowest BCUT2D eigenvalue weighted by Crippen LogP contribution is -2.24. The number of nitrogens with one attached hydrogen (secondary N) is 1. The normalized spacial score (nSPS) is 11.9. The van der Waals surface area contributed by atoms with Crippen LogP contribution in [0.5, 0.6) is 0 Å². The molecule has 0 aliphatic carbocycles. The molecule has 2 aromatic rings. The lowest BCUT2D eigenvalue weighted by atomic mass is 10.0. The highest BCUT2D eigenvalue weighted by Gasteiger charge is 2.11. The number of rotatable bonds is 7. The van der Waals surface area contributed by atoms with Gasteiger partial charge in [0.15, 0.2) is 5.69 Å². The van der Waals surface area contributed by atoms with Gasteiger partial charge in [-0.05, 0) is 17.5 Å². The SMILES string of the molecule is CCC(C)CC(=O)NCc1cccc(-c2nc(C(=O)O)cs2)c1. The van der Waals surface area contributed by atoms with Crippen LogP contribution in [-0.4, -0.2) is 22.0 Å². The second-order valence-corrected chi connectivity index (χ2v) is 6.40. The maximum absolute atomic E-state index is 11.8. The van der Waals surface area contributed by atoms with Gasteiger partial charge in [0.05, 0.1) is 0 Å². The lowest BCUT2D eigenvalue weighted by molar-refractivity contribution is -0.122. The molecule has 1 unspecified atom stereocenters. The van der Waals surface area contributed by atoms with Crippen molar-refractivity contribution >= 4 is 23.2 Å². The fourth-order valence-electron chi connectivity index (χ4n) is 2.05. The molecular weight excluding hydrogens is 312 g/mol. The number of carboxylic acids is 1. The summed E-state index contributed by atoms with van der Waals surface area (Å²) >= 11 is 1.30. The molecule has 0 radical (unpaired) electrons. The maximum Gasteiger partial charge on any atom is 0.355 e. The summed E-state index contributed by atoms with van der Waals surface area (Å²) < 4.78 is 0. The van der Waals surface area contributed by atoms with Crippen LogP contribution in [0, 0.1) is 5.92 Å². The van der Waals surface area contributed by atoms with E-state index in [0.717, 1.165) is 17.5 Å². The zero-order chi connectivity index (χ0) is 16.8. The van der Waals surface area contributed by atoms with Crippen molar-refractivity contribution in [1.29, 1.82) is 0 Å². The Kier molecular flexibility index (Phi) is 5.87. The van der Waals surface area contributed by atoms with Crippen LogP contribution >= 0.6 is 11.3 Å². The van der Waals surface area contributed by atoms with Gasteiger partial charge in [-0.1, -0.05) is 38.5 Å². The van der Waals surface area contributed by atoms with Crippen molar-refractivity contribution < 1.29 is 14.7 Å². The van der Waals surface area contributed by atoms with Crippen molar-refractivity contribution in [2.75, 3.05) is 0 Å². The van der Waals surface area contributed by atoms with Crippen LogP contribution in [0.15, 0.2) is 29.6 Å². The predicted molar refractivity (Wildman–Crippen MR) is 90.4 cm³/mol. The van der Waals surface area contributed by atoms with Crippen molar-refractivity contribution in [2.24, 2.45) is 5.92 Å². The molecule has 122 valence electrons. The highest BCUT2D eigenvalue weighted by Crippen LogP contribution is 2.24. The Bertz CT molecular complexity index is 697. The van der Waals surface area contributed by atoms with Crippen LogP contribution in [0.25, 0.3) is 10.6 Å². The summed E-state index contributed by atoms with van der Waals surface area (Å²) in [5.41, 5.74) is 1.88. The van der Waals surface area contributed by atoms with Crippen molar-refractivity contribution in [2.45, 2.75) is 33.2 Å². The van der Waals surface area contributed by atoms with Crippen LogP contribution in [-0.2, 0) is 11.3 Å². The van der Waals surface area contributed by atoms with Crippen LogP contribution in [0.4, 0.5) is 0 Å². The molecule has 0 saturated carbocycles. The highest BCUT2D eigenvalue weighted by atomic mass is 32.1. The zero-order valence-electron chi connectivity index (χ0n) is 13.2. The number of aromatic carboxylic acids is 1. The molecule has 0 saturated heterocycles. The maximum atomic E-state index is 11.8. The fourth-order valence-corrected chi connectivity index (χ4v) is 2.84. The standard InChI is InChI=1S/C17H20N2O3S/c1-3-11(2)7-15(20)18-9-12-5-4-6-13(8-12)16-19-14(10-23-16)17(21)22/h4-6,8,10-11H,3,7,9H2,1-2H3,(H,18,20)(H,21,22). The highest BCUT2D eigenvalue weighted by molar-refractivity contribution is 7.13. The van der Waals surface area contributed by atoms with Crippen molar-refractivity contribution in [3.63, 3.8) is 0 Å². The number of amides is 1. The van der Waals surface area contributed by atoms with Crippen molar-refractivity contribution in [1.82, 2.24) is 10.3 Å². The Morgan fingerprint density at radius 2 is 2.17 bits per heavy atom. The van der Waals surface area contributed by atoms with Gasteiger partial charge in [-0.2, -0.15) is 0 Å². The van der Waals surface area contributed by atoms with Gasteiger partial charge in [0.2, 0.25) is 5.91 Å². The third-order valence-corrected chi connectivity index (χ3v) is 4.51. The summed E-state index contributed by atoms with van der Waals surface area (Å²) in [5.74, 6) is -0.598. The number of carboxylic acid groups (broad SMARTS) is 1. The van der Waals surface area contributed by atoms with E-state index >= 15 is 0 Å². The number of carbonyl (C=O) groups is 2. The Balaban J connectivity index is 2.02. The molecule has 6 heteroatoms. The van der Waals surface area contributed by atoms with E-state index in [9.17, 15) is 9.59 Å². The van der Waals surface area contributed by atoms with Crippen LogP contribution in [0.1, 0.15) is 42.7 Å². The molecule has 0 spiro atoms. The summed E-state index contributed by atoms with van der Waals surface area (Å²) in [7, 11) is 0. The smallest absolute Gasteiger partial charge is 0.355 e. The number of benzene rings is 1. The van der Waals surface area contributed by atoms with E-state index < -0.39 is 5.97 Å². The average Bonchev–Trinajstić information content (AvgIpc) is 3.03. The molecule has 2 N–H and O–H groups in total. The number of hydrogen-bond donors (Lipinski definition) is 2. The van der Waals surface area contributed by atoms with E-state index in [4.69, 9.17) is 5.11 Å². The van der Waals surface area contributed by atoms with Gasteiger partial charge in [-0.15, -0.1) is 11.3 Å². The summed E-state index contributed by atoms with van der Waals surface area (Å²) in [6, 6.07) is 7.62. The minimum atomic E-state index is -1.03. The zero-order valence-corrected chi connectivity index (χ0v) is 14.0. The number of aromatic nitrogens is 1. The molecule has 0 fully saturated rings. The van der Waals surface area contributed by atoms with Gasteiger partial charge in [-0.25, -0.2) is 9.78 Å². The van der Waals surface area contributed by atoms with Crippen LogP contribution in [0.2, 0.25) is 0 Å². The molecule has 2 rings (SSSR count). The van der Waals surface area contributed by atoms with Gasteiger partial charge >= 0.3 is 5.97 Å². The first kappa shape index (κ1) is 17.1. The first-order valence-electron chi connectivity index (χ1n) is 7.54. The van der Waals surface area contributed by atoms with E-state index in [1.54, 1.807) is 0 Å². The molecule has 23 heavy (non-hydrogen) atoms. The topological polar surface area (TPSA) is 79.3 Å². The minimum Gasteiger partial charge on any atom is -0.476 e. The van der Waals surface area contributed by atoms with Crippen LogP contribution in [0.3, 0.4) is 0 Å². The van der Waals surface area contributed by atoms with Crippen molar-refractivity contribution in [3.8, 4) is 10.6 Å². The van der Waals surface area contributed by atoms with E-state index in [1.165, 1.54) is 16.7 Å². The number of carbonyl (C=O) groups excluding carboxylic acids is 1. The Morgan fingerprint density at radius 1 is 1.39 bits per heavy atom. The van der Waals surface area contributed by atoms with Gasteiger partial charge in [0.1, 0.15) is 5.01 Å². The molecule has 0 aliphatic heterocycles. The van der Waals surface area contributed by atoms with Gasteiger partial charge in [0.25, 0.3) is 0 Å². The molecule has 1 aromatic heterocycles. The quantitative estimate of drug-likeness (QED) is 0.812. The van der Waals surface area contributed by atoms with Crippen molar-refractivity contribution in [3.05, 3.63) is 40.9 Å². The van der Waals surface area contributed by atoms with Crippen LogP contribution < -0.4 is 5.32 Å². The summed E-state index contributed by atoms with van der Waals surface area (Å²) in [6.45, 7) is 4.59. The molecule has 5 nitrogen and oxygen atoms in total. The summed E-state index contributed by atoms with van der Waals surface area (Å²) in [4.78, 5) is 26.8. The molecule has 1 atom stereocenters. The number of nitrogens with zero attached hydrogens (tertiary/aromatic N) is 1. The summed E-state index contributed by atoms with van der Waals surface area (Å²) in [6.07, 6.45) is 1.52. The Morgan fingerprint density at radius 3 is 2.83 bits per heavy atom. The lowest BCUT2D eigenvalue weighted by Gasteiger charge is -2.09. The average molecular weight is 332 g/mol. The fraction of sp³-hybridized carbons (Fsp3) is 0.353. The first-order valence-corrected chi connectivity index (χ1v) is 8.42. The molecule has 1 heterocycles. The first-order chi connectivity index (χ1) is 11.0. The van der Waals surface area contributed by atoms with Gasteiger partial charge in [-0.3, -0.25) is 4.79 Å². The van der Waals surface area contributed by atoms with E-state index in [1.807, 2.05) is 24.3 Å². The number of thiazole rings is 1. The third kappa shape index (κ3) is 4.89. The van der Waals surface area contributed by atoms with Gasteiger partial charge in [0, 0.05) is 23.9 Å². The molecule has 1 aromatic carbocycles. The molecule has 0 bridgehead atoms. The Hall–Kier alpha value is -2.21. The largest absolute Gasteiger partial charge is 0.476 e. The Labute approximate surface area is 139 Å². The molecule has 1 amide bonds. The minimum absolute atomic E-state index is 0.0483. The predicted octanol–water partition coefficient (Wildman–Crippen LogP) is 3.56. The molecular formula is C17H20N2O3S. The van der Waals surface area contributed by atoms with Gasteiger partial charge < -0.3 is 10.4 Å². The monoisotopic (exact) mass is 332 g/mol.